The third kappa shape index (κ3) is 2.24. The topological polar surface area (TPSA) is 74.6 Å². The van der Waals surface area contributed by atoms with Gasteiger partial charge in [-0.05, 0) is 24.3 Å². The Hall–Kier alpha value is -2.19. The van der Waals surface area contributed by atoms with Gasteiger partial charge in [0, 0.05) is 0 Å². The number of aromatic hydroxyl groups is 1. The molecule has 0 amide bonds. The van der Waals surface area contributed by atoms with Crippen LogP contribution in [-0.4, -0.2) is 16.2 Å². The summed E-state index contributed by atoms with van der Waals surface area (Å²) >= 11 is 0. The van der Waals surface area contributed by atoms with Crippen molar-refractivity contribution in [3.05, 3.63) is 54.1 Å². The zero-order valence-electron chi connectivity index (χ0n) is 9.28. The minimum absolute atomic E-state index is 0.0122. The van der Waals surface area contributed by atoms with E-state index in [4.69, 9.17) is 5.11 Å². The van der Waals surface area contributed by atoms with Crippen molar-refractivity contribution in [1.29, 1.82) is 0 Å². The Kier molecular flexibility index (Phi) is 3.40. The monoisotopic (exact) mass is 261 g/mol. The van der Waals surface area contributed by atoms with Crippen molar-refractivity contribution in [3.8, 4) is 5.75 Å². The second-order valence-corrected chi connectivity index (χ2v) is 5.16. The van der Waals surface area contributed by atoms with Gasteiger partial charge in [0.15, 0.2) is 5.75 Å². The summed E-state index contributed by atoms with van der Waals surface area (Å²) in [6.45, 7) is 0. The predicted molar refractivity (Wildman–Crippen MR) is 68.4 cm³/mol. The number of carboxylic acids is 1. The zero-order chi connectivity index (χ0) is 13.1. The summed E-state index contributed by atoms with van der Waals surface area (Å²) in [7, 11) is -2.13. The molecule has 2 aromatic carbocycles. The van der Waals surface area contributed by atoms with E-state index >= 15 is 0 Å². The minimum Gasteiger partial charge on any atom is -0.504 e. The van der Waals surface area contributed by atoms with Crippen LogP contribution in [0.3, 0.4) is 0 Å². The lowest BCUT2D eigenvalue weighted by Crippen LogP contribution is -2.15. The van der Waals surface area contributed by atoms with Crippen LogP contribution in [-0.2, 0) is 4.57 Å². The molecule has 0 saturated carbocycles. The van der Waals surface area contributed by atoms with Gasteiger partial charge in [-0.2, -0.15) is 0 Å². The summed E-state index contributed by atoms with van der Waals surface area (Å²) in [4.78, 5) is 11.1. The third-order valence-corrected chi connectivity index (χ3v) is 4.10. The van der Waals surface area contributed by atoms with Gasteiger partial charge in [-0.1, -0.05) is 28.8 Å². The molecule has 0 saturated heterocycles. The van der Waals surface area contributed by atoms with Gasteiger partial charge in [-0.3, -0.25) is 0 Å². The molecule has 0 aromatic heterocycles. The van der Waals surface area contributed by atoms with Crippen LogP contribution >= 0.6 is 7.80 Å². The van der Waals surface area contributed by atoms with E-state index in [-0.39, 0.29) is 21.9 Å². The van der Waals surface area contributed by atoms with Gasteiger partial charge in [0.25, 0.3) is 0 Å². The summed E-state index contributed by atoms with van der Waals surface area (Å²) in [5, 5.41) is 19.1. The van der Waals surface area contributed by atoms with E-state index in [1.807, 2.05) is 0 Å². The van der Waals surface area contributed by atoms with E-state index in [1.54, 1.807) is 24.3 Å². The number of phenols is 1. The second-order valence-electron chi connectivity index (χ2n) is 3.61. The summed E-state index contributed by atoms with van der Waals surface area (Å²) in [5.74, 6) is -1.23. The largest absolute Gasteiger partial charge is 0.504 e. The van der Waals surface area contributed by atoms with Gasteiger partial charge in [0.2, 0.25) is 10.6 Å². The lowest BCUT2D eigenvalue weighted by atomic mass is 10.2. The van der Waals surface area contributed by atoms with Crippen molar-refractivity contribution >= 4 is 24.4 Å². The zero-order valence-corrected chi connectivity index (χ0v) is 10.2. The predicted octanol–water partition coefficient (Wildman–Crippen LogP) is 1.87. The Morgan fingerprint density at radius 2 is 1.50 bits per heavy atom. The van der Waals surface area contributed by atoms with Crippen molar-refractivity contribution in [2.24, 2.45) is 0 Å². The van der Waals surface area contributed by atoms with Crippen LogP contribution in [0.1, 0.15) is 10.4 Å². The van der Waals surface area contributed by atoms with Crippen molar-refractivity contribution in [3.63, 3.8) is 0 Å². The molecule has 2 aromatic rings. The summed E-state index contributed by atoms with van der Waals surface area (Å²) in [6, 6.07) is 12.3. The van der Waals surface area contributed by atoms with Gasteiger partial charge in [-0.25, -0.2) is 4.79 Å². The molecule has 0 aliphatic rings. The molecular weight excluding hydrogens is 251 g/mol. The first-order valence-electron chi connectivity index (χ1n) is 5.19. The lowest BCUT2D eigenvalue weighted by Gasteiger charge is -1.97. The standard InChI is InChI=1S/C13H9O4P/c14-10-6-2-4-8-12(10)18(17)11-7-3-1-5-9(11)13(15)16/h1-8H,(H-,14,15,16,17)/p+1. The molecule has 0 aliphatic heterocycles. The number of carbonyl (C=O) groups is 1. The van der Waals surface area contributed by atoms with E-state index < -0.39 is 13.8 Å². The summed E-state index contributed by atoms with van der Waals surface area (Å²) in [6.07, 6.45) is 0. The first kappa shape index (κ1) is 12.3. The molecule has 1 unspecified atom stereocenters. The smallest absolute Gasteiger partial charge is 0.420 e. The number of phenolic OH excluding ortho intramolecular Hbond substituents is 1. The van der Waals surface area contributed by atoms with Crippen LogP contribution < -0.4 is 10.6 Å². The normalized spacial score (nSPS) is 11.0. The number of rotatable bonds is 3. The maximum Gasteiger partial charge on any atom is 0.420 e. The molecule has 0 radical (unpaired) electrons. The SMILES string of the molecule is O=C(O)c1ccccc1[P+](=O)c1ccccc1O. The molecule has 0 heterocycles. The molecule has 0 bridgehead atoms. The van der Waals surface area contributed by atoms with Crippen LogP contribution in [0.4, 0.5) is 0 Å². The van der Waals surface area contributed by atoms with Crippen LogP contribution in [0.25, 0.3) is 0 Å². The molecule has 2 rings (SSSR count). The Morgan fingerprint density at radius 3 is 2.11 bits per heavy atom. The molecule has 0 aliphatic carbocycles. The number of hydrogen-bond acceptors (Lipinski definition) is 3. The number of para-hydroxylation sites is 1. The summed E-state index contributed by atoms with van der Waals surface area (Å²) < 4.78 is 12.3. The first-order chi connectivity index (χ1) is 8.61. The Bertz CT molecular complexity index is 622. The molecular formula is C13H10O4P+. The molecule has 2 N–H and O–H groups in total. The van der Waals surface area contributed by atoms with Crippen LogP contribution in [0, 0.1) is 0 Å². The van der Waals surface area contributed by atoms with Crippen molar-refractivity contribution < 1.29 is 19.6 Å². The van der Waals surface area contributed by atoms with Gasteiger partial charge in [0.05, 0.1) is 0 Å². The molecule has 4 nitrogen and oxygen atoms in total. The average molecular weight is 261 g/mol. The van der Waals surface area contributed by atoms with Gasteiger partial charge in [0.1, 0.15) is 5.56 Å². The van der Waals surface area contributed by atoms with Crippen LogP contribution in [0.2, 0.25) is 0 Å². The van der Waals surface area contributed by atoms with E-state index in [1.165, 1.54) is 24.3 Å². The Labute approximate surface area is 104 Å². The lowest BCUT2D eigenvalue weighted by molar-refractivity contribution is 0.0698. The Morgan fingerprint density at radius 1 is 0.944 bits per heavy atom. The fourth-order valence-corrected chi connectivity index (χ4v) is 2.97. The first-order valence-corrected chi connectivity index (χ1v) is 6.45. The van der Waals surface area contributed by atoms with E-state index in [0.717, 1.165) is 0 Å². The quantitative estimate of drug-likeness (QED) is 0.827. The fraction of sp³-hybridized carbons (Fsp3) is 0. The number of aromatic carboxylic acids is 1. The maximum absolute atomic E-state index is 12.3. The van der Waals surface area contributed by atoms with Gasteiger partial charge < -0.3 is 10.2 Å². The highest BCUT2D eigenvalue weighted by atomic mass is 31.1. The van der Waals surface area contributed by atoms with Crippen molar-refractivity contribution in [1.82, 2.24) is 0 Å². The molecule has 1 atom stereocenters. The Balaban J connectivity index is 2.54. The van der Waals surface area contributed by atoms with E-state index in [2.05, 4.69) is 0 Å². The van der Waals surface area contributed by atoms with Crippen LogP contribution in [0.15, 0.2) is 48.5 Å². The van der Waals surface area contributed by atoms with Gasteiger partial charge in [-0.15, -0.1) is 0 Å². The minimum atomic E-state index is -2.13. The molecule has 90 valence electrons. The van der Waals surface area contributed by atoms with Crippen LogP contribution in [0.5, 0.6) is 5.75 Å². The van der Waals surface area contributed by atoms with Crippen molar-refractivity contribution in [2.45, 2.75) is 0 Å². The third-order valence-electron chi connectivity index (χ3n) is 2.45. The summed E-state index contributed by atoms with van der Waals surface area (Å²) in [5.41, 5.74) is -0.0122. The average Bonchev–Trinajstić information content (AvgIpc) is 2.38. The number of carboxylic acid groups (broad SMARTS) is 1. The highest BCUT2D eigenvalue weighted by molar-refractivity contribution is 7.61. The van der Waals surface area contributed by atoms with E-state index in [9.17, 15) is 14.5 Å². The number of benzene rings is 2. The highest BCUT2D eigenvalue weighted by Crippen LogP contribution is 2.26. The number of hydrogen-bond donors (Lipinski definition) is 2. The maximum atomic E-state index is 12.3. The second kappa shape index (κ2) is 4.98. The van der Waals surface area contributed by atoms with Crippen molar-refractivity contribution in [2.75, 3.05) is 0 Å². The highest BCUT2D eigenvalue weighted by Gasteiger charge is 2.31. The molecule has 0 fully saturated rings. The van der Waals surface area contributed by atoms with E-state index in [0.29, 0.717) is 0 Å². The molecule has 0 spiro atoms. The van der Waals surface area contributed by atoms with Gasteiger partial charge >= 0.3 is 13.8 Å². The molecule has 5 heteroatoms. The molecule has 18 heavy (non-hydrogen) atoms. The fourth-order valence-electron chi connectivity index (χ4n) is 1.60.